The van der Waals surface area contributed by atoms with Crippen LogP contribution in [0, 0.1) is 6.92 Å². The molecule has 0 unspecified atom stereocenters. The first-order valence-corrected chi connectivity index (χ1v) is 11.4. The van der Waals surface area contributed by atoms with Crippen molar-refractivity contribution in [2.24, 2.45) is 0 Å². The second-order valence-corrected chi connectivity index (χ2v) is 8.75. The van der Waals surface area contributed by atoms with Gasteiger partial charge < -0.3 is 4.57 Å². The molecular weight excluding hydrogens is 404 g/mol. The van der Waals surface area contributed by atoms with E-state index in [1.807, 2.05) is 12.3 Å². The van der Waals surface area contributed by atoms with Gasteiger partial charge in [0.1, 0.15) is 5.65 Å². The molecule has 7 rings (SSSR count). The van der Waals surface area contributed by atoms with E-state index in [4.69, 9.17) is 9.97 Å². The number of hydrogen-bond donors (Lipinski definition) is 0. The number of para-hydroxylation sites is 1. The Morgan fingerprint density at radius 2 is 1.64 bits per heavy atom. The standard InChI is InChI=1S/C29H22N4/c1-19-13-15-21(16-14-19)33-25-12-7-17-30-27(25)23-18-26-28(31-29(23)33)22-10-5-6-11-24(22)32(26)20-8-3-2-4-9-20/h2-3,5-8,10-18H,4,9H2,1H3. The number of pyridine rings is 2. The van der Waals surface area contributed by atoms with Crippen LogP contribution in [0.3, 0.4) is 0 Å². The van der Waals surface area contributed by atoms with Crippen molar-refractivity contribution < 1.29 is 0 Å². The van der Waals surface area contributed by atoms with Crippen molar-refractivity contribution >= 4 is 49.7 Å². The summed E-state index contributed by atoms with van der Waals surface area (Å²) in [7, 11) is 0. The third kappa shape index (κ3) is 2.64. The highest BCUT2D eigenvalue weighted by atomic mass is 15.1. The number of rotatable bonds is 2. The number of aromatic nitrogens is 4. The van der Waals surface area contributed by atoms with Crippen LogP contribution in [0.25, 0.3) is 55.4 Å². The lowest BCUT2D eigenvalue weighted by atomic mass is 10.1. The van der Waals surface area contributed by atoms with Gasteiger partial charge in [-0.05, 0) is 62.2 Å². The molecule has 4 heterocycles. The largest absolute Gasteiger partial charge is 0.311 e. The van der Waals surface area contributed by atoms with Crippen molar-refractivity contribution in [1.29, 1.82) is 0 Å². The van der Waals surface area contributed by atoms with E-state index in [0.29, 0.717) is 0 Å². The number of fused-ring (bicyclic) bond motifs is 6. The van der Waals surface area contributed by atoms with Gasteiger partial charge in [-0.15, -0.1) is 0 Å². The molecule has 0 fully saturated rings. The fourth-order valence-corrected chi connectivity index (χ4v) is 5.14. The van der Waals surface area contributed by atoms with Gasteiger partial charge in [0.05, 0.1) is 27.6 Å². The molecule has 0 spiro atoms. The molecule has 4 aromatic heterocycles. The molecule has 6 aromatic rings. The third-order valence-electron chi connectivity index (χ3n) is 6.69. The molecule has 158 valence electrons. The predicted octanol–water partition coefficient (Wildman–Crippen LogP) is 7.18. The van der Waals surface area contributed by atoms with Gasteiger partial charge in [0.25, 0.3) is 0 Å². The first-order chi connectivity index (χ1) is 16.3. The normalized spacial score (nSPS) is 14.0. The van der Waals surface area contributed by atoms with E-state index in [1.165, 1.54) is 22.2 Å². The zero-order chi connectivity index (χ0) is 21.9. The first kappa shape index (κ1) is 18.4. The lowest BCUT2D eigenvalue weighted by molar-refractivity contribution is 0.979. The lowest BCUT2D eigenvalue weighted by Crippen LogP contribution is -1.99. The van der Waals surface area contributed by atoms with E-state index in [2.05, 4.69) is 94.9 Å². The van der Waals surface area contributed by atoms with Crippen LogP contribution in [0.4, 0.5) is 0 Å². The molecule has 2 aromatic carbocycles. The average Bonchev–Trinajstić information content (AvgIpc) is 3.36. The number of benzene rings is 2. The fourth-order valence-electron chi connectivity index (χ4n) is 5.14. The van der Waals surface area contributed by atoms with E-state index in [9.17, 15) is 0 Å². The smallest absolute Gasteiger partial charge is 0.148 e. The van der Waals surface area contributed by atoms with Crippen LogP contribution in [0.15, 0.2) is 91.2 Å². The van der Waals surface area contributed by atoms with Crippen molar-refractivity contribution in [3.63, 3.8) is 0 Å². The Kier molecular flexibility index (Phi) is 3.85. The monoisotopic (exact) mass is 426 g/mol. The summed E-state index contributed by atoms with van der Waals surface area (Å²) in [6.45, 7) is 2.11. The molecule has 0 atom stereocenters. The second-order valence-electron chi connectivity index (χ2n) is 8.75. The van der Waals surface area contributed by atoms with E-state index in [0.717, 1.165) is 51.6 Å². The highest BCUT2D eigenvalue weighted by molar-refractivity contribution is 6.15. The van der Waals surface area contributed by atoms with Crippen molar-refractivity contribution in [3.8, 4) is 5.69 Å². The zero-order valence-electron chi connectivity index (χ0n) is 18.4. The summed E-state index contributed by atoms with van der Waals surface area (Å²) in [5, 5.41) is 2.26. The summed E-state index contributed by atoms with van der Waals surface area (Å²) in [6.07, 6.45) is 10.6. The maximum absolute atomic E-state index is 5.31. The quantitative estimate of drug-likeness (QED) is 0.294. The van der Waals surface area contributed by atoms with Crippen LogP contribution in [0.1, 0.15) is 18.4 Å². The van der Waals surface area contributed by atoms with Crippen molar-refractivity contribution in [1.82, 2.24) is 19.1 Å². The van der Waals surface area contributed by atoms with Crippen molar-refractivity contribution in [2.45, 2.75) is 19.8 Å². The number of aryl methyl sites for hydroxylation is 1. The summed E-state index contributed by atoms with van der Waals surface area (Å²) >= 11 is 0. The molecule has 4 heteroatoms. The Labute approximate surface area is 191 Å². The topological polar surface area (TPSA) is 35.6 Å². The number of hydrogen-bond acceptors (Lipinski definition) is 2. The number of allylic oxidation sites excluding steroid dienone is 4. The summed E-state index contributed by atoms with van der Waals surface area (Å²) in [5.41, 5.74) is 10.0. The maximum atomic E-state index is 5.31. The maximum Gasteiger partial charge on any atom is 0.148 e. The minimum atomic E-state index is 0.945. The molecule has 33 heavy (non-hydrogen) atoms. The van der Waals surface area contributed by atoms with Gasteiger partial charge in [0.15, 0.2) is 0 Å². The third-order valence-corrected chi connectivity index (χ3v) is 6.69. The Morgan fingerprint density at radius 1 is 0.788 bits per heavy atom. The minimum Gasteiger partial charge on any atom is -0.311 e. The van der Waals surface area contributed by atoms with Gasteiger partial charge in [0.2, 0.25) is 0 Å². The Balaban J connectivity index is 1.66. The molecule has 0 N–H and O–H groups in total. The van der Waals surface area contributed by atoms with E-state index in [-0.39, 0.29) is 0 Å². The molecule has 0 saturated carbocycles. The highest BCUT2D eigenvalue weighted by Crippen LogP contribution is 2.37. The molecular formula is C29H22N4. The average molecular weight is 427 g/mol. The van der Waals surface area contributed by atoms with E-state index in [1.54, 1.807) is 0 Å². The molecule has 0 aliphatic heterocycles. The van der Waals surface area contributed by atoms with Crippen LogP contribution in [-0.2, 0) is 0 Å². The van der Waals surface area contributed by atoms with Gasteiger partial charge >= 0.3 is 0 Å². The van der Waals surface area contributed by atoms with Gasteiger partial charge in [-0.3, -0.25) is 9.55 Å². The van der Waals surface area contributed by atoms with Gasteiger partial charge in [-0.25, -0.2) is 4.98 Å². The SMILES string of the molecule is Cc1ccc(-n2c3cccnc3c3cc4c(nc32)c2ccccc2n4C2=CC=CCC2)cc1. The Bertz CT molecular complexity index is 1760. The predicted molar refractivity (Wildman–Crippen MR) is 137 cm³/mol. The lowest BCUT2D eigenvalue weighted by Gasteiger charge is -2.13. The summed E-state index contributed by atoms with van der Waals surface area (Å²) < 4.78 is 4.63. The summed E-state index contributed by atoms with van der Waals surface area (Å²) in [4.78, 5) is 10.1. The Hall–Kier alpha value is -4.18. The fraction of sp³-hybridized carbons (Fsp3) is 0.103. The Morgan fingerprint density at radius 3 is 2.48 bits per heavy atom. The van der Waals surface area contributed by atoms with Crippen LogP contribution in [-0.4, -0.2) is 19.1 Å². The van der Waals surface area contributed by atoms with Crippen LogP contribution < -0.4 is 0 Å². The van der Waals surface area contributed by atoms with Gasteiger partial charge in [-0.2, -0.15) is 0 Å². The second kappa shape index (κ2) is 6.91. The zero-order valence-corrected chi connectivity index (χ0v) is 18.4. The molecule has 0 amide bonds. The number of nitrogens with zero attached hydrogens (tertiary/aromatic N) is 4. The molecule has 1 aliphatic rings. The first-order valence-electron chi connectivity index (χ1n) is 11.4. The van der Waals surface area contributed by atoms with Gasteiger partial charge in [0, 0.05) is 28.4 Å². The van der Waals surface area contributed by atoms with Crippen LogP contribution >= 0.6 is 0 Å². The van der Waals surface area contributed by atoms with Gasteiger partial charge in [-0.1, -0.05) is 48.0 Å². The molecule has 4 nitrogen and oxygen atoms in total. The summed E-state index contributed by atoms with van der Waals surface area (Å²) in [5.74, 6) is 0. The van der Waals surface area contributed by atoms with E-state index < -0.39 is 0 Å². The van der Waals surface area contributed by atoms with Crippen molar-refractivity contribution in [3.05, 3.63) is 96.7 Å². The molecule has 0 radical (unpaired) electrons. The van der Waals surface area contributed by atoms with Crippen LogP contribution in [0.2, 0.25) is 0 Å². The highest BCUT2D eigenvalue weighted by Gasteiger charge is 2.20. The van der Waals surface area contributed by atoms with Crippen molar-refractivity contribution in [2.75, 3.05) is 0 Å². The van der Waals surface area contributed by atoms with E-state index >= 15 is 0 Å². The molecule has 0 bridgehead atoms. The summed E-state index contributed by atoms with van der Waals surface area (Å²) in [6, 6.07) is 23.6. The molecule has 1 aliphatic carbocycles. The molecule has 0 saturated heterocycles. The minimum absolute atomic E-state index is 0.945. The van der Waals surface area contributed by atoms with Crippen LogP contribution in [0.5, 0.6) is 0 Å².